The standard InChI is InChI=1S/C12H14F3NO2/c13-10-5-8(1-2-11(10)18-12(14)15)6-16-4-3-9(17)7-16/h1-2,5,9,12,17H,3-4,6-7H2/t9-/m1/s1. The first-order valence-electron chi connectivity index (χ1n) is 5.68. The fourth-order valence-corrected chi connectivity index (χ4v) is 2.05. The van der Waals surface area contributed by atoms with E-state index in [0.717, 1.165) is 6.54 Å². The van der Waals surface area contributed by atoms with Crippen LogP contribution in [-0.4, -0.2) is 35.8 Å². The van der Waals surface area contributed by atoms with Crippen LogP contribution >= 0.6 is 0 Å². The molecule has 2 rings (SSSR count). The number of alkyl halides is 2. The van der Waals surface area contributed by atoms with Crippen LogP contribution in [0.2, 0.25) is 0 Å². The van der Waals surface area contributed by atoms with Crippen LogP contribution in [-0.2, 0) is 6.54 Å². The Balaban J connectivity index is 2.00. The van der Waals surface area contributed by atoms with Crippen molar-refractivity contribution in [3.63, 3.8) is 0 Å². The quantitative estimate of drug-likeness (QED) is 0.899. The number of β-amino-alcohol motifs (C(OH)–C–C–N with tert-alkyl or cyclic N) is 1. The molecule has 1 N–H and O–H groups in total. The molecule has 18 heavy (non-hydrogen) atoms. The maximum atomic E-state index is 13.4. The highest BCUT2D eigenvalue weighted by Crippen LogP contribution is 2.22. The molecule has 0 unspecified atom stereocenters. The molecule has 0 amide bonds. The second kappa shape index (κ2) is 5.58. The molecule has 1 saturated heterocycles. The highest BCUT2D eigenvalue weighted by Gasteiger charge is 2.20. The number of aliphatic hydroxyl groups excluding tert-OH is 1. The van der Waals surface area contributed by atoms with Gasteiger partial charge in [0.1, 0.15) is 0 Å². The first kappa shape index (κ1) is 13.2. The molecule has 1 aliphatic heterocycles. The lowest BCUT2D eigenvalue weighted by atomic mass is 10.2. The Morgan fingerprint density at radius 1 is 1.44 bits per heavy atom. The number of hydrogen-bond donors (Lipinski definition) is 1. The molecule has 1 aromatic rings. The van der Waals surface area contributed by atoms with Crippen LogP contribution in [0.1, 0.15) is 12.0 Å². The minimum Gasteiger partial charge on any atom is -0.432 e. The van der Waals surface area contributed by atoms with Gasteiger partial charge in [-0.25, -0.2) is 4.39 Å². The van der Waals surface area contributed by atoms with E-state index in [4.69, 9.17) is 0 Å². The molecule has 0 spiro atoms. The monoisotopic (exact) mass is 261 g/mol. The van der Waals surface area contributed by atoms with Crippen LogP contribution < -0.4 is 4.74 Å². The van der Waals surface area contributed by atoms with E-state index in [1.807, 2.05) is 4.90 Å². The Morgan fingerprint density at radius 2 is 2.22 bits per heavy atom. The first-order valence-corrected chi connectivity index (χ1v) is 5.68. The molecule has 0 aliphatic carbocycles. The third-order valence-electron chi connectivity index (χ3n) is 2.87. The van der Waals surface area contributed by atoms with Gasteiger partial charge in [-0.1, -0.05) is 6.07 Å². The second-order valence-corrected chi connectivity index (χ2v) is 4.32. The lowest BCUT2D eigenvalue weighted by molar-refractivity contribution is -0.0522. The molecule has 0 saturated carbocycles. The maximum Gasteiger partial charge on any atom is 0.387 e. The van der Waals surface area contributed by atoms with E-state index in [1.54, 1.807) is 6.07 Å². The van der Waals surface area contributed by atoms with Crippen molar-refractivity contribution in [2.24, 2.45) is 0 Å². The fraction of sp³-hybridized carbons (Fsp3) is 0.500. The summed E-state index contributed by atoms with van der Waals surface area (Å²) in [6, 6.07) is 3.93. The van der Waals surface area contributed by atoms with E-state index in [0.29, 0.717) is 25.1 Å². The minimum atomic E-state index is -3.03. The molecule has 100 valence electrons. The highest BCUT2D eigenvalue weighted by atomic mass is 19.3. The van der Waals surface area contributed by atoms with Crippen LogP contribution in [0.4, 0.5) is 13.2 Å². The molecular formula is C12H14F3NO2. The highest BCUT2D eigenvalue weighted by molar-refractivity contribution is 5.29. The molecule has 1 atom stereocenters. The summed E-state index contributed by atoms with van der Waals surface area (Å²) >= 11 is 0. The van der Waals surface area contributed by atoms with Gasteiger partial charge in [0.2, 0.25) is 0 Å². The number of nitrogens with zero attached hydrogens (tertiary/aromatic N) is 1. The van der Waals surface area contributed by atoms with Gasteiger partial charge in [-0.2, -0.15) is 8.78 Å². The topological polar surface area (TPSA) is 32.7 Å². The summed E-state index contributed by atoms with van der Waals surface area (Å²) in [7, 11) is 0. The molecular weight excluding hydrogens is 247 g/mol. The van der Waals surface area contributed by atoms with Crippen LogP contribution in [0.25, 0.3) is 0 Å². The zero-order valence-electron chi connectivity index (χ0n) is 9.65. The van der Waals surface area contributed by atoms with Crippen molar-refractivity contribution in [2.75, 3.05) is 13.1 Å². The summed E-state index contributed by atoms with van der Waals surface area (Å²) in [5.41, 5.74) is 0.670. The molecule has 0 aromatic heterocycles. The van der Waals surface area contributed by atoms with Crippen molar-refractivity contribution in [2.45, 2.75) is 25.7 Å². The average Bonchev–Trinajstić information content (AvgIpc) is 2.68. The van der Waals surface area contributed by atoms with E-state index in [2.05, 4.69) is 4.74 Å². The van der Waals surface area contributed by atoms with Gasteiger partial charge in [0.25, 0.3) is 0 Å². The van der Waals surface area contributed by atoms with Crippen molar-refractivity contribution in [1.82, 2.24) is 4.90 Å². The number of aliphatic hydroxyl groups is 1. The van der Waals surface area contributed by atoms with Gasteiger partial charge >= 0.3 is 6.61 Å². The Labute approximate surface area is 103 Å². The van der Waals surface area contributed by atoms with E-state index < -0.39 is 18.2 Å². The normalized spacial score (nSPS) is 20.6. The van der Waals surface area contributed by atoms with Gasteiger partial charge in [0.15, 0.2) is 11.6 Å². The smallest absolute Gasteiger partial charge is 0.387 e. The predicted octanol–water partition coefficient (Wildman–Crippen LogP) is 1.99. The van der Waals surface area contributed by atoms with Gasteiger partial charge < -0.3 is 9.84 Å². The van der Waals surface area contributed by atoms with Crippen LogP contribution in [0.5, 0.6) is 5.75 Å². The van der Waals surface area contributed by atoms with Crippen molar-refractivity contribution in [3.05, 3.63) is 29.6 Å². The van der Waals surface area contributed by atoms with Gasteiger partial charge in [-0.05, 0) is 24.1 Å². The lowest BCUT2D eigenvalue weighted by Crippen LogP contribution is -2.21. The van der Waals surface area contributed by atoms with Crippen molar-refractivity contribution >= 4 is 0 Å². The Morgan fingerprint density at radius 3 is 2.78 bits per heavy atom. The predicted molar refractivity (Wildman–Crippen MR) is 58.9 cm³/mol. The van der Waals surface area contributed by atoms with Crippen molar-refractivity contribution < 1.29 is 23.0 Å². The van der Waals surface area contributed by atoms with Crippen LogP contribution in [0, 0.1) is 5.82 Å². The maximum absolute atomic E-state index is 13.4. The summed E-state index contributed by atoms with van der Waals surface area (Å²) in [5, 5.41) is 9.36. The van der Waals surface area contributed by atoms with Gasteiger partial charge in [-0.15, -0.1) is 0 Å². The summed E-state index contributed by atoms with van der Waals surface area (Å²) in [4.78, 5) is 1.98. The Bertz CT molecular complexity index is 414. The number of hydrogen-bond acceptors (Lipinski definition) is 3. The first-order chi connectivity index (χ1) is 8.54. The Hall–Kier alpha value is -1.27. The zero-order chi connectivity index (χ0) is 13.1. The number of ether oxygens (including phenoxy) is 1. The van der Waals surface area contributed by atoms with E-state index >= 15 is 0 Å². The average molecular weight is 261 g/mol. The van der Waals surface area contributed by atoms with E-state index in [-0.39, 0.29) is 6.10 Å². The summed E-state index contributed by atoms with van der Waals surface area (Å²) in [6.45, 7) is -1.24. The third kappa shape index (κ3) is 3.36. The zero-order valence-corrected chi connectivity index (χ0v) is 9.65. The number of likely N-dealkylation sites (tertiary alicyclic amines) is 1. The third-order valence-corrected chi connectivity index (χ3v) is 2.87. The van der Waals surface area contributed by atoms with Crippen LogP contribution in [0.3, 0.4) is 0 Å². The molecule has 3 nitrogen and oxygen atoms in total. The summed E-state index contributed by atoms with van der Waals surface area (Å²) in [6.07, 6.45) is 0.367. The van der Waals surface area contributed by atoms with Gasteiger partial charge in [0.05, 0.1) is 6.10 Å². The molecule has 0 radical (unpaired) electrons. The fourth-order valence-electron chi connectivity index (χ4n) is 2.05. The number of benzene rings is 1. The summed E-state index contributed by atoms with van der Waals surface area (Å²) < 4.78 is 41.4. The van der Waals surface area contributed by atoms with E-state index in [9.17, 15) is 18.3 Å². The molecule has 1 aromatic carbocycles. The van der Waals surface area contributed by atoms with Crippen molar-refractivity contribution in [3.8, 4) is 5.75 Å². The Kier molecular flexibility index (Phi) is 4.08. The molecule has 0 bridgehead atoms. The number of rotatable bonds is 4. The molecule has 6 heteroatoms. The lowest BCUT2D eigenvalue weighted by Gasteiger charge is -2.15. The second-order valence-electron chi connectivity index (χ2n) is 4.32. The van der Waals surface area contributed by atoms with Crippen LogP contribution in [0.15, 0.2) is 18.2 Å². The van der Waals surface area contributed by atoms with Crippen molar-refractivity contribution in [1.29, 1.82) is 0 Å². The molecule has 1 fully saturated rings. The van der Waals surface area contributed by atoms with E-state index in [1.165, 1.54) is 12.1 Å². The molecule has 1 aliphatic rings. The van der Waals surface area contributed by atoms with Gasteiger partial charge in [0, 0.05) is 19.6 Å². The largest absolute Gasteiger partial charge is 0.432 e. The molecule has 1 heterocycles. The van der Waals surface area contributed by atoms with Gasteiger partial charge in [-0.3, -0.25) is 4.90 Å². The minimum absolute atomic E-state index is 0.337. The SMILES string of the molecule is O[C@@H]1CCN(Cc2ccc(OC(F)F)c(F)c2)C1. The number of halogens is 3. The summed E-state index contributed by atoms with van der Waals surface area (Å²) in [5.74, 6) is -1.25.